The molecule has 1 aliphatic carbocycles. The van der Waals surface area contributed by atoms with Crippen molar-refractivity contribution in [2.24, 2.45) is 13.0 Å². The Morgan fingerprint density at radius 1 is 1.08 bits per heavy atom. The van der Waals surface area contributed by atoms with Crippen LogP contribution in [-0.4, -0.2) is 32.2 Å². The van der Waals surface area contributed by atoms with Crippen molar-refractivity contribution < 1.29 is 4.79 Å². The predicted octanol–water partition coefficient (Wildman–Crippen LogP) is 6.12. The van der Waals surface area contributed by atoms with Gasteiger partial charge in [0.05, 0.1) is 6.54 Å². The Hall–Kier alpha value is -3.55. The lowest BCUT2D eigenvalue weighted by molar-refractivity contribution is 0.0996. The van der Waals surface area contributed by atoms with Crippen molar-refractivity contribution in [3.05, 3.63) is 82.3 Å². The van der Waals surface area contributed by atoms with Crippen molar-refractivity contribution in [1.29, 1.82) is 0 Å². The molecule has 1 unspecified atom stereocenters. The van der Waals surface area contributed by atoms with Gasteiger partial charge in [-0.1, -0.05) is 36.2 Å². The molecule has 38 heavy (non-hydrogen) atoms. The Bertz CT molecular complexity index is 1530. The summed E-state index contributed by atoms with van der Waals surface area (Å²) in [5, 5.41) is 12.6. The highest BCUT2D eigenvalue weighted by Gasteiger charge is 2.31. The number of hydrogen-bond acceptors (Lipinski definition) is 5. The minimum absolute atomic E-state index is 0.0323. The molecule has 2 aromatic carbocycles. The first-order chi connectivity index (χ1) is 18.4. The van der Waals surface area contributed by atoms with Gasteiger partial charge in [0, 0.05) is 34.9 Å². The van der Waals surface area contributed by atoms with E-state index in [4.69, 9.17) is 16.6 Å². The molecule has 8 heteroatoms. The molecule has 6 rings (SSSR count). The molecule has 1 amide bonds. The fourth-order valence-corrected chi connectivity index (χ4v) is 5.53. The highest BCUT2D eigenvalue weighted by atomic mass is 35.5. The summed E-state index contributed by atoms with van der Waals surface area (Å²) >= 11 is 6.34. The van der Waals surface area contributed by atoms with Crippen LogP contribution in [0.2, 0.25) is 5.02 Å². The standard InChI is InChI=1S/C30H31ClN6O/c1-18-11-23(19(2)32-15-20-5-4-6-20)13-28(34-18)37-16-22-8-7-21(12-26(22)30(37)38)25-10-9-24(31)14-27(25)29-35-33-17-36(29)3/h7-14,17,19-20,32H,4-6,15-16H2,1-3H3. The highest BCUT2D eigenvalue weighted by molar-refractivity contribution is 6.31. The average Bonchev–Trinajstić information content (AvgIpc) is 3.45. The number of hydrogen-bond donors (Lipinski definition) is 1. The van der Waals surface area contributed by atoms with Gasteiger partial charge in [-0.3, -0.25) is 9.69 Å². The Balaban J connectivity index is 1.29. The molecule has 3 heterocycles. The first kappa shape index (κ1) is 24.8. The summed E-state index contributed by atoms with van der Waals surface area (Å²) in [5.74, 6) is 2.17. The Labute approximate surface area is 227 Å². The second kappa shape index (κ2) is 9.97. The number of halogens is 1. The van der Waals surface area contributed by atoms with Crippen LogP contribution >= 0.6 is 11.6 Å². The zero-order valence-electron chi connectivity index (χ0n) is 21.9. The number of aromatic nitrogens is 4. The van der Waals surface area contributed by atoms with Gasteiger partial charge >= 0.3 is 0 Å². The van der Waals surface area contributed by atoms with Crippen molar-refractivity contribution in [2.75, 3.05) is 11.4 Å². The summed E-state index contributed by atoms with van der Waals surface area (Å²) < 4.78 is 1.86. The minimum Gasteiger partial charge on any atom is -0.317 e. The van der Waals surface area contributed by atoms with Crippen molar-refractivity contribution in [3.8, 4) is 22.5 Å². The van der Waals surface area contributed by atoms with E-state index in [9.17, 15) is 4.79 Å². The predicted molar refractivity (Wildman–Crippen MR) is 150 cm³/mol. The zero-order valence-corrected chi connectivity index (χ0v) is 22.7. The fourth-order valence-electron chi connectivity index (χ4n) is 5.36. The summed E-state index contributed by atoms with van der Waals surface area (Å²) in [7, 11) is 1.90. The van der Waals surface area contributed by atoms with Crippen LogP contribution in [0.25, 0.3) is 22.5 Å². The largest absolute Gasteiger partial charge is 0.317 e. The van der Waals surface area contributed by atoms with Gasteiger partial charge in [0.1, 0.15) is 12.1 Å². The summed E-state index contributed by atoms with van der Waals surface area (Å²) in [6, 6.07) is 16.2. The third-order valence-electron chi connectivity index (χ3n) is 7.84. The minimum atomic E-state index is -0.0323. The van der Waals surface area contributed by atoms with E-state index in [2.05, 4.69) is 40.6 Å². The van der Waals surface area contributed by atoms with E-state index in [1.165, 1.54) is 19.3 Å². The Kier molecular flexibility index (Phi) is 6.50. The number of nitrogens with one attached hydrogen (secondary N) is 1. The Morgan fingerprint density at radius 2 is 1.92 bits per heavy atom. The third-order valence-corrected chi connectivity index (χ3v) is 8.07. The second-order valence-electron chi connectivity index (χ2n) is 10.5. The van der Waals surface area contributed by atoms with Crippen molar-refractivity contribution in [3.63, 3.8) is 0 Å². The van der Waals surface area contributed by atoms with E-state index >= 15 is 0 Å². The van der Waals surface area contributed by atoms with Gasteiger partial charge in [-0.25, -0.2) is 4.98 Å². The average molecular weight is 527 g/mol. The van der Waals surface area contributed by atoms with Crippen LogP contribution in [0.4, 0.5) is 5.82 Å². The van der Waals surface area contributed by atoms with E-state index in [1.54, 1.807) is 11.2 Å². The van der Waals surface area contributed by atoms with Gasteiger partial charge in [-0.05, 0) is 91.7 Å². The van der Waals surface area contributed by atoms with Crippen LogP contribution in [0, 0.1) is 12.8 Å². The fraction of sp³-hybridized carbons (Fsp3) is 0.333. The topological polar surface area (TPSA) is 75.9 Å². The molecule has 194 valence electrons. The van der Waals surface area contributed by atoms with Crippen molar-refractivity contribution in [2.45, 2.75) is 45.7 Å². The van der Waals surface area contributed by atoms with E-state index in [0.717, 1.165) is 46.0 Å². The number of nitrogens with zero attached hydrogens (tertiary/aromatic N) is 5. The molecule has 1 aliphatic heterocycles. The van der Waals surface area contributed by atoms with Crippen LogP contribution in [-0.2, 0) is 13.6 Å². The van der Waals surface area contributed by atoms with Gasteiger partial charge in [0.15, 0.2) is 5.82 Å². The smallest absolute Gasteiger partial charge is 0.260 e. The summed E-state index contributed by atoms with van der Waals surface area (Å²) in [5.41, 5.74) is 6.51. The summed E-state index contributed by atoms with van der Waals surface area (Å²) in [4.78, 5) is 20.2. The molecule has 7 nitrogen and oxygen atoms in total. The molecule has 1 N–H and O–H groups in total. The third kappa shape index (κ3) is 4.61. The molecule has 0 radical (unpaired) electrons. The number of aryl methyl sites for hydroxylation is 2. The second-order valence-corrected chi connectivity index (χ2v) is 11.0. The van der Waals surface area contributed by atoms with Gasteiger partial charge < -0.3 is 9.88 Å². The van der Waals surface area contributed by atoms with E-state index in [1.807, 2.05) is 48.9 Å². The van der Waals surface area contributed by atoms with Gasteiger partial charge in [-0.2, -0.15) is 0 Å². The number of anilines is 1. The molecule has 4 aromatic rings. The highest BCUT2D eigenvalue weighted by Crippen LogP contribution is 2.37. The molecular weight excluding hydrogens is 496 g/mol. The van der Waals surface area contributed by atoms with E-state index in [0.29, 0.717) is 28.8 Å². The zero-order chi connectivity index (χ0) is 26.4. The number of carbonyl (C=O) groups is 1. The summed E-state index contributed by atoms with van der Waals surface area (Å²) in [6.07, 6.45) is 5.65. The lowest BCUT2D eigenvalue weighted by Crippen LogP contribution is -2.30. The summed E-state index contributed by atoms with van der Waals surface area (Å²) in [6.45, 7) is 5.72. The number of fused-ring (bicyclic) bond motifs is 1. The van der Waals surface area contributed by atoms with Gasteiger partial charge in [0.2, 0.25) is 0 Å². The maximum absolute atomic E-state index is 13.7. The molecule has 0 bridgehead atoms. The molecule has 0 spiro atoms. The molecular formula is C30H31ClN6O. The Morgan fingerprint density at radius 3 is 2.66 bits per heavy atom. The van der Waals surface area contributed by atoms with Crippen LogP contribution in [0.1, 0.15) is 59.4 Å². The maximum atomic E-state index is 13.7. The lowest BCUT2D eigenvalue weighted by Gasteiger charge is -2.27. The van der Waals surface area contributed by atoms with E-state index < -0.39 is 0 Å². The normalized spacial score (nSPS) is 16.0. The molecule has 1 atom stereocenters. The quantitative estimate of drug-likeness (QED) is 0.314. The molecule has 2 aromatic heterocycles. The van der Waals surface area contributed by atoms with Gasteiger partial charge in [-0.15, -0.1) is 10.2 Å². The molecule has 1 saturated carbocycles. The number of rotatable bonds is 7. The first-order valence-corrected chi connectivity index (χ1v) is 13.6. The molecule has 1 fully saturated rings. The van der Waals surface area contributed by atoms with Crippen LogP contribution < -0.4 is 10.2 Å². The molecule has 2 aliphatic rings. The van der Waals surface area contributed by atoms with E-state index in [-0.39, 0.29) is 11.9 Å². The van der Waals surface area contributed by atoms with Crippen LogP contribution in [0.5, 0.6) is 0 Å². The van der Waals surface area contributed by atoms with Crippen molar-refractivity contribution >= 4 is 23.3 Å². The van der Waals surface area contributed by atoms with Crippen LogP contribution in [0.15, 0.2) is 54.9 Å². The van der Waals surface area contributed by atoms with Gasteiger partial charge in [0.25, 0.3) is 5.91 Å². The maximum Gasteiger partial charge on any atom is 0.260 e. The molecule has 0 saturated heterocycles. The number of amides is 1. The number of benzene rings is 2. The van der Waals surface area contributed by atoms with Crippen molar-refractivity contribution in [1.82, 2.24) is 25.1 Å². The first-order valence-electron chi connectivity index (χ1n) is 13.2. The SMILES string of the molecule is Cc1cc(C(C)NCC2CCC2)cc(N2Cc3ccc(-c4ccc(Cl)cc4-c4nncn4C)cc3C2=O)n1. The number of pyridine rings is 1. The lowest BCUT2D eigenvalue weighted by atomic mass is 9.85. The monoisotopic (exact) mass is 526 g/mol. The van der Waals surface area contributed by atoms with Crippen LogP contribution in [0.3, 0.4) is 0 Å². The number of carbonyl (C=O) groups excluding carboxylic acids is 1.